The first-order valence-electron chi connectivity index (χ1n) is 10.9. The maximum atomic E-state index is 13.2. The summed E-state index contributed by atoms with van der Waals surface area (Å²) in [6.45, 7) is 5.09. The molecule has 0 aromatic heterocycles. The van der Waals surface area contributed by atoms with Gasteiger partial charge in [0, 0.05) is 52.7 Å². The number of nitrogens with zero attached hydrogens (tertiary/aromatic N) is 2. The summed E-state index contributed by atoms with van der Waals surface area (Å²) in [7, 11) is 1.72. The molecule has 2 amide bonds. The van der Waals surface area contributed by atoms with Crippen molar-refractivity contribution in [2.24, 2.45) is 0 Å². The normalized spacial score (nSPS) is 15.0. The highest BCUT2D eigenvalue weighted by Crippen LogP contribution is 2.13. The van der Waals surface area contributed by atoms with Crippen molar-refractivity contribution in [1.29, 1.82) is 0 Å². The van der Waals surface area contributed by atoms with Crippen LogP contribution in [0.25, 0.3) is 0 Å². The van der Waals surface area contributed by atoms with Crippen LogP contribution in [0.4, 0.5) is 4.79 Å². The van der Waals surface area contributed by atoms with Crippen molar-refractivity contribution >= 4 is 12.0 Å². The average molecular weight is 441 g/mol. The first-order valence-corrected chi connectivity index (χ1v) is 10.9. The van der Waals surface area contributed by atoms with E-state index in [1.54, 1.807) is 36.2 Å². The van der Waals surface area contributed by atoms with E-state index in [2.05, 4.69) is 15.5 Å². The largest absolute Gasteiger partial charge is 0.508 e. The Bertz CT molecular complexity index is 854. The van der Waals surface area contributed by atoms with Crippen molar-refractivity contribution in [2.75, 3.05) is 46.4 Å². The lowest BCUT2D eigenvalue weighted by Crippen LogP contribution is -2.49. The number of likely N-dealkylation sites (N-methyl/N-ethyl adjacent to an activating group) is 1. The molecule has 0 radical (unpaired) electrons. The van der Waals surface area contributed by atoms with E-state index in [1.165, 1.54) is 0 Å². The molecule has 1 atom stereocenters. The molecule has 2 aromatic carbocycles. The average Bonchev–Trinajstić information content (AvgIpc) is 2.81. The molecule has 8 nitrogen and oxygen atoms in total. The number of piperazine rings is 1. The lowest BCUT2D eigenvalue weighted by atomic mass is 10.0. The molecule has 32 heavy (non-hydrogen) atoms. The van der Waals surface area contributed by atoms with Crippen LogP contribution in [-0.2, 0) is 22.5 Å². The molecule has 1 heterocycles. The smallest absolute Gasteiger partial charge is 0.407 e. The Hall–Kier alpha value is -3.10. The van der Waals surface area contributed by atoms with Gasteiger partial charge in [-0.15, -0.1) is 0 Å². The minimum Gasteiger partial charge on any atom is -0.508 e. The first kappa shape index (κ1) is 23.6. The summed E-state index contributed by atoms with van der Waals surface area (Å²) in [6.07, 6.45) is -0.309. The quantitative estimate of drug-likeness (QED) is 0.548. The first-order chi connectivity index (χ1) is 15.5. The number of nitrogens with one attached hydrogen (secondary N) is 2. The Morgan fingerprint density at radius 2 is 1.78 bits per heavy atom. The molecule has 0 bridgehead atoms. The summed E-state index contributed by atoms with van der Waals surface area (Å²) in [5, 5.41) is 15.6. The van der Waals surface area contributed by atoms with Gasteiger partial charge >= 0.3 is 6.09 Å². The summed E-state index contributed by atoms with van der Waals surface area (Å²) in [4.78, 5) is 29.4. The molecule has 2 aromatic rings. The molecular weight excluding hydrogens is 408 g/mol. The van der Waals surface area contributed by atoms with Crippen molar-refractivity contribution in [3.8, 4) is 5.75 Å². The van der Waals surface area contributed by atoms with E-state index in [1.807, 2.05) is 30.3 Å². The zero-order valence-corrected chi connectivity index (χ0v) is 18.5. The molecule has 8 heteroatoms. The zero-order valence-electron chi connectivity index (χ0n) is 18.5. The van der Waals surface area contributed by atoms with E-state index in [9.17, 15) is 14.7 Å². The minimum atomic E-state index is -0.778. The van der Waals surface area contributed by atoms with Gasteiger partial charge in [0.25, 0.3) is 0 Å². The summed E-state index contributed by atoms with van der Waals surface area (Å²) >= 11 is 0. The van der Waals surface area contributed by atoms with Crippen LogP contribution in [0.15, 0.2) is 54.6 Å². The molecule has 0 unspecified atom stereocenters. The van der Waals surface area contributed by atoms with Gasteiger partial charge < -0.3 is 25.4 Å². The Labute approximate surface area is 189 Å². The Morgan fingerprint density at radius 3 is 2.47 bits per heavy atom. The Kier molecular flexibility index (Phi) is 8.89. The summed E-state index contributed by atoms with van der Waals surface area (Å²) in [5.74, 6) is -0.0564. The molecule has 0 spiro atoms. The number of rotatable bonds is 9. The molecule has 0 aliphatic carbocycles. The summed E-state index contributed by atoms with van der Waals surface area (Å²) < 4.78 is 5.36. The van der Waals surface area contributed by atoms with Crippen LogP contribution in [0.5, 0.6) is 5.75 Å². The third-order valence-electron chi connectivity index (χ3n) is 5.46. The third-order valence-corrected chi connectivity index (χ3v) is 5.46. The highest BCUT2D eigenvalue weighted by molar-refractivity contribution is 5.85. The summed E-state index contributed by atoms with van der Waals surface area (Å²) in [6, 6.07) is 15.5. The van der Waals surface area contributed by atoms with Gasteiger partial charge in [-0.1, -0.05) is 42.5 Å². The molecule has 1 fully saturated rings. The standard InChI is InChI=1S/C24H32N4O4/c1-27(18-20-5-3-2-4-6-20)23(30)22(17-19-7-9-21(29)10-8-19)26-24(31)32-16-15-28-13-11-25-12-14-28/h2-10,22,25,29H,11-18H2,1H3,(H,26,31)/t22-/m0/s1. The SMILES string of the molecule is CN(Cc1ccccc1)C(=O)[C@H](Cc1ccc(O)cc1)NC(=O)OCCN1CCNCC1. The minimum absolute atomic E-state index is 0.151. The van der Waals surface area contributed by atoms with Crippen LogP contribution in [0.2, 0.25) is 0 Å². The second-order valence-corrected chi connectivity index (χ2v) is 7.97. The van der Waals surface area contributed by atoms with Gasteiger partial charge in [0.2, 0.25) is 5.91 Å². The number of benzene rings is 2. The Balaban J connectivity index is 1.59. The van der Waals surface area contributed by atoms with E-state index < -0.39 is 12.1 Å². The number of alkyl carbamates (subject to hydrolysis) is 1. The number of aromatic hydroxyl groups is 1. The predicted octanol–water partition coefficient (Wildman–Crippen LogP) is 1.59. The number of amides is 2. The van der Waals surface area contributed by atoms with Crippen molar-refractivity contribution in [2.45, 2.75) is 19.0 Å². The van der Waals surface area contributed by atoms with Gasteiger partial charge in [-0.05, 0) is 23.3 Å². The van der Waals surface area contributed by atoms with Crippen LogP contribution in [0.1, 0.15) is 11.1 Å². The highest BCUT2D eigenvalue weighted by atomic mass is 16.5. The van der Waals surface area contributed by atoms with Crippen LogP contribution in [-0.4, -0.2) is 79.3 Å². The van der Waals surface area contributed by atoms with Crippen molar-refractivity contribution < 1.29 is 19.4 Å². The molecule has 3 rings (SSSR count). The third kappa shape index (κ3) is 7.55. The van der Waals surface area contributed by atoms with E-state index in [0.29, 0.717) is 19.5 Å². The number of hydrogen-bond acceptors (Lipinski definition) is 6. The van der Waals surface area contributed by atoms with E-state index in [4.69, 9.17) is 4.74 Å². The van der Waals surface area contributed by atoms with Gasteiger partial charge in [-0.3, -0.25) is 9.69 Å². The predicted molar refractivity (Wildman–Crippen MR) is 122 cm³/mol. The number of carbonyl (C=O) groups is 2. The molecule has 3 N–H and O–H groups in total. The monoisotopic (exact) mass is 440 g/mol. The maximum absolute atomic E-state index is 13.2. The second kappa shape index (κ2) is 12.1. The topological polar surface area (TPSA) is 94.1 Å². The van der Waals surface area contributed by atoms with Gasteiger partial charge in [-0.2, -0.15) is 0 Å². The number of ether oxygens (including phenoxy) is 1. The molecular formula is C24H32N4O4. The molecule has 1 saturated heterocycles. The van der Waals surface area contributed by atoms with Crippen LogP contribution < -0.4 is 10.6 Å². The van der Waals surface area contributed by atoms with Gasteiger partial charge in [0.05, 0.1) is 0 Å². The number of hydrogen-bond donors (Lipinski definition) is 3. The van der Waals surface area contributed by atoms with E-state index in [0.717, 1.165) is 37.3 Å². The van der Waals surface area contributed by atoms with Crippen molar-refractivity contribution in [3.63, 3.8) is 0 Å². The second-order valence-electron chi connectivity index (χ2n) is 7.97. The van der Waals surface area contributed by atoms with Crippen LogP contribution >= 0.6 is 0 Å². The summed E-state index contributed by atoms with van der Waals surface area (Å²) in [5.41, 5.74) is 1.83. The fraction of sp³-hybridized carbons (Fsp3) is 0.417. The lowest BCUT2D eigenvalue weighted by Gasteiger charge is -2.27. The maximum Gasteiger partial charge on any atom is 0.407 e. The fourth-order valence-electron chi connectivity index (χ4n) is 3.66. The molecule has 0 saturated carbocycles. The zero-order chi connectivity index (χ0) is 22.8. The van der Waals surface area contributed by atoms with Crippen molar-refractivity contribution in [1.82, 2.24) is 20.4 Å². The number of phenolic OH excluding ortho intramolecular Hbond substituents is 1. The highest BCUT2D eigenvalue weighted by Gasteiger charge is 2.25. The van der Waals surface area contributed by atoms with Crippen molar-refractivity contribution in [3.05, 3.63) is 65.7 Å². The van der Waals surface area contributed by atoms with Crippen LogP contribution in [0.3, 0.4) is 0 Å². The number of carbonyl (C=O) groups excluding carboxylic acids is 2. The van der Waals surface area contributed by atoms with Gasteiger partial charge in [0.1, 0.15) is 18.4 Å². The fourth-order valence-corrected chi connectivity index (χ4v) is 3.66. The van der Waals surface area contributed by atoms with Crippen LogP contribution in [0, 0.1) is 0 Å². The van der Waals surface area contributed by atoms with E-state index in [-0.39, 0.29) is 18.3 Å². The number of phenols is 1. The molecule has 172 valence electrons. The Morgan fingerprint density at radius 1 is 1.09 bits per heavy atom. The molecule has 1 aliphatic heterocycles. The van der Waals surface area contributed by atoms with E-state index >= 15 is 0 Å². The van der Waals surface area contributed by atoms with Gasteiger partial charge in [0.15, 0.2) is 0 Å². The lowest BCUT2D eigenvalue weighted by molar-refractivity contribution is -0.132. The molecule has 1 aliphatic rings. The van der Waals surface area contributed by atoms with Gasteiger partial charge in [-0.25, -0.2) is 4.79 Å².